The Bertz CT molecular complexity index is 583. The van der Waals surface area contributed by atoms with Crippen LogP contribution in [0.5, 0.6) is 0 Å². The number of nitrogens with zero attached hydrogens (tertiary/aromatic N) is 3. The second-order valence-electron chi connectivity index (χ2n) is 3.98. The Morgan fingerprint density at radius 1 is 1.28 bits per heavy atom. The molecule has 1 aromatic rings. The quantitative estimate of drug-likeness (QED) is 0.652. The van der Waals surface area contributed by atoms with E-state index in [0.717, 1.165) is 4.31 Å². The van der Waals surface area contributed by atoms with Gasteiger partial charge in [-0.25, -0.2) is 13.4 Å². The Kier molecular flexibility index (Phi) is 2.95. The first-order valence-corrected chi connectivity index (χ1v) is 6.57. The van der Waals surface area contributed by atoms with Crippen LogP contribution in [0.25, 0.3) is 0 Å². The minimum Gasteiger partial charge on any atom is -0.337 e. The molecule has 1 aliphatic rings. The fourth-order valence-electron chi connectivity index (χ4n) is 1.56. The van der Waals surface area contributed by atoms with Crippen LogP contribution in [0, 0.1) is 6.92 Å². The minimum atomic E-state index is -3.91. The minimum absolute atomic E-state index is 0.162. The number of nitrogens with one attached hydrogen (secondary N) is 1. The van der Waals surface area contributed by atoms with E-state index in [1.54, 1.807) is 18.5 Å². The molecule has 0 atom stereocenters. The Morgan fingerprint density at radius 3 is 2.28 bits per heavy atom. The average Bonchev–Trinajstić information content (AvgIpc) is 2.58. The lowest BCUT2D eigenvalue weighted by molar-refractivity contribution is -0.134. The van der Waals surface area contributed by atoms with Crippen molar-refractivity contribution >= 4 is 21.8 Å². The molecule has 18 heavy (non-hydrogen) atoms. The first-order chi connectivity index (χ1) is 8.30. The van der Waals surface area contributed by atoms with E-state index >= 15 is 0 Å². The second kappa shape index (κ2) is 4.18. The van der Waals surface area contributed by atoms with E-state index in [0.29, 0.717) is 5.82 Å². The van der Waals surface area contributed by atoms with Crippen LogP contribution < -0.4 is 5.32 Å². The molecule has 0 aromatic carbocycles. The molecular formula is C9H12N4O4S. The molecular weight excluding hydrogens is 260 g/mol. The van der Waals surface area contributed by atoms with Crippen LogP contribution in [-0.2, 0) is 26.7 Å². The van der Waals surface area contributed by atoms with Gasteiger partial charge >= 0.3 is 0 Å². The zero-order chi connectivity index (χ0) is 13.5. The van der Waals surface area contributed by atoms with Gasteiger partial charge in [0, 0.05) is 13.2 Å². The van der Waals surface area contributed by atoms with Crippen molar-refractivity contribution in [3.63, 3.8) is 0 Å². The lowest BCUT2D eigenvalue weighted by Crippen LogP contribution is -2.53. The third-order valence-corrected chi connectivity index (χ3v) is 4.27. The number of aromatic nitrogens is 2. The van der Waals surface area contributed by atoms with Gasteiger partial charge in [-0.3, -0.25) is 14.9 Å². The monoisotopic (exact) mass is 272 g/mol. The molecule has 0 bridgehead atoms. The normalized spacial score (nSPS) is 17.9. The first-order valence-electron chi connectivity index (χ1n) is 5.13. The largest absolute Gasteiger partial charge is 0.337 e. The van der Waals surface area contributed by atoms with Crippen molar-refractivity contribution in [2.45, 2.75) is 11.9 Å². The summed E-state index contributed by atoms with van der Waals surface area (Å²) < 4.78 is 26.7. The van der Waals surface area contributed by atoms with Crippen LogP contribution in [0.15, 0.2) is 11.2 Å². The smallest absolute Gasteiger partial charge is 0.263 e. The van der Waals surface area contributed by atoms with Crippen molar-refractivity contribution in [1.29, 1.82) is 0 Å². The van der Waals surface area contributed by atoms with Gasteiger partial charge in [-0.2, -0.15) is 4.31 Å². The molecule has 0 radical (unpaired) electrons. The lowest BCUT2D eigenvalue weighted by Gasteiger charge is -2.23. The van der Waals surface area contributed by atoms with E-state index in [2.05, 4.69) is 4.98 Å². The average molecular weight is 272 g/mol. The van der Waals surface area contributed by atoms with Gasteiger partial charge in [-0.15, -0.1) is 0 Å². The molecule has 0 unspecified atom stereocenters. The number of carbonyl (C=O) groups excluding carboxylic acids is 2. The summed E-state index contributed by atoms with van der Waals surface area (Å²) in [5.74, 6) is -0.744. The van der Waals surface area contributed by atoms with Crippen molar-refractivity contribution in [2.75, 3.05) is 13.1 Å². The molecule has 1 fully saturated rings. The highest BCUT2D eigenvalue weighted by Gasteiger charge is 2.34. The van der Waals surface area contributed by atoms with E-state index < -0.39 is 21.8 Å². The highest BCUT2D eigenvalue weighted by atomic mass is 32.2. The summed E-state index contributed by atoms with van der Waals surface area (Å²) in [4.78, 5) is 26.2. The SMILES string of the molecule is Cc1nc(S(=O)(=O)N2CC(=O)NC(=O)C2)cn1C. The van der Waals surface area contributed by atoms with Crippen LogP contribution in [0.1, 0.15) is 5.82 Å². The lowest BCUT2D eigenvalue weighted by atomic mass is 10.4. The summed E-state index contributed by atoms with van der Waals surface area (Å²) in [5.41, 5.74) is 0. The molecule has 1 N–H and O–H groups in total. The fourth-order valence-corrected chi connectivity index (χ4v) is 2.94. The van der Waals surface area contributed by atoms with Gasteiger partial charge < -0.3 is 4.57 Å². The third-order valence-electron chi connectivity index (χ3n) is 2.61. The van der Waals surface area contributed by atoms with E-state index in [-0.39, 0.29) is 18.1 Å². The van der Waals surface area contributed by atoms with Crippen molar-refractivity contribution in [3.05, 3.63) is 12.0 Å². The molecule has 0 spiro atoms. The summed E-state index contributed by atoms with van der Waals surface area (Å²) in [7, 11) is -2.25. The number of sulfonamides is 1. The van der Waals surface area contributed by atoms with Gasteiger partial charge in [0.2, 0.25) is 11.8 Å². The van der Waals surface area contributed by atoms with E-state index in [4.69, 9.17) is 0 Å². The van der Waals surface area contributed by atoms with Gasteiger partial charge in [0.15, 0.2) is 5.03 Å². The Morgan fingerprint density at radius 2 is 1.83 bits per heavy atom. The molecule has 2 heterocycles. The van der Waals surface area contributed by atoms with Crippen LogP contribution in [0.4, 0.5) is 0 Å². The van der Waals surface area contributed by atoms with Crippen molar-refractivity contribution in [1.82, 2.24) is 19.2 Å². The number of carbonyl (C=O) groups is 2. The van der Waals surface area contributed by atoms with Crippen molar-refractivity contribution < 1.29 is 18.0 Å². The maximum Gasteiger partial charge on any atom is 0.263 e. The number of imidazole rings is 1. The summed E-state index contributed by atoms with van der Waals surface area (Å²) in [6.45, 7) is 0.917. The van der Waals surface area contributed by atoms with Crippen LogP contribution in [-0.4, -0.2) is 47.2 Å². The first kappa shape index (κ1) is 12.7. The number of hydrogen-bond donors (Lipinski definition) is 1. The Balaban J connectivity index is 2.36. The van der Waals surface area contributed by atoms with Gasteiger partial charge in [0.1, 0.15) is 5.82 Å². The number of rotatable bonds is 2. The topological polar surface area (TPSA) is 101 Å². The molecule has 2 amide bonds. The molecule has 1 saturated heterocycles. The highest BCUT2D eigenvalue weighted by Crippen LogP contribution is 2.15. The molecule has 9 heteroatoms. The third kappa shape index (κ3) is 2.14. The predicted octanol–water partition coefficient (Wildman–Crippen LogP) is -1.62. The van der Waals surface area contributed by atoms with Gasteiger partial charge in [0.05, 0.1) is 13.1 Å². The predicted molar refractivity (Wildman–Crippen MR) is 59.9 cm³/mol. The number of hydrogen-bond acceptors (Lipinski definition) is 5. The zero-order valence-corrected chi connectivity index (χ0v) is 10.7. The van der Waals surface area contributed by atoms with E-state index in [1.165, 1.54) is 6.20 Å². The summed E-state index contributed by atoms with van der Waals surface area (Å²) in [6, 6.07) is 0. The van der Waals surface area contributed by atoms with E-state index in [1.807, 2.05) is 5.32 Å². The van der Waals surface area contributed by atoms with E-state index in [9.17, 15) is 18.0 Å². The number of amides is 2. The summed E-state index contributed by atoms with van der Waals surface area (Å²) >= 11 is 0. The Hall–Kier alpha value is -1.74. The molecule has 0 saturated carbocycles. The second-order valence-corrected chi connectivity index (χ2v) is 5.87. The standard InChI is InChI=1S/C9H12N4O4S/c1-6-10-9(5-12(6)2)18(16,17)13-3-7(14)11-8(15)4-13/h5H,3-4H2,1-2H3,(H,11,14,15). The molecule has 98 valence electrons. The van der Waals surface area contributed by atoms with Gasteiger partial charge in [0.25, 0.3) is 10.0 Å². The molecule has 8 nitrogen and oxygen atoms in total. The summed E-state index contributed by atoms with van der Waals surface area (Å²) in [5, 5.41) is 1.88. The zero-order valence-electron chi connectivity index (χ0n) is 9.87. The Labute approximate surface area is 104 Å². The van der Waals surface area contributed by atoms with Gasteiger partial charge in [-0.05, 0) is 6.92 Å². The van der Waals surface area contributed by atoms with Crippen LogP contribution >= 0.6 is 0 Å². The van der Waals surface area contributed by atoms with Crippen LogP contribution in [0.2, 0.25) is 0 Å². The fraction of sp³-hybridized carbons (Fsp3) is 0.444. The molecule has 2 rings (SSSR count). The maximum atomic E-state index is 12.2. The van der Waals surface area contributed by atoms with Crippen molar-refractivity contribution in [3.8, 4) is 0 Å². The van der Waals surface area contributed by atoms with Crippen LogP contribution in [0.3, 0.4) is 0 Å². The van der Waals surface area contributed by atoms with Gasteiger partial charge in [-0.1, -0.05) is 0 Å². The molecule has 0 aliphatic carbocycles. The molecule has 1 aliphatic heterocycles. The van der Waals surface area contributed by atoms with Crippen molar-refractivity contribution in [2.24, 2.45) is 7.05 Å². The number of piperazine rings is 1. The maximum absolute atomic E-state index is 12.2. The highest BCUT2D eigenvalue weighted by molar-refractivity contribution is 7.89. The molecule has 1 aromatic heterocycles. The number of aryl methyl sites for hydroxylation is 2. The summed E-state index contributed by atoms with van der Waals surface area (Å²) in [6.07, 6.45) is 1.35. The number of imide groups is 1.